The van der Waals surface area contributed by atoms with E-state index < -0.39 is 6.17 Å². The largest absolute Gasteiger partial charge is 0.301 e. The maximum absolute atomic E-state index is 13.9. The van der Waals surface area contributed by atoms with Gasteiger partial charge in [0.2, 0.25) is 0 Å². The molecule has 1 aliphatic carbocycles. The summed E-state index contributed by atoms with van der Waals surface area (Å²) in [6.07, 6.45) is 1.15. The minimum absolute atomic E-state index is 0.133. The molecule has 4 atom stereocenters. The highest BCUT2D eigenvalue weighted by Crippen LogP contribution is 2.34. The number of rotatable bonds is 1. The van der Waals surface area contributed by atoms with Crippen LogP contribution in [0.1, 0.15) is 26.7 Å². The summed E-state index contributed by atoms with van der Waals surface area (Å²) in [5.41, 5.74) is 0. The van der Waals surface area contributed by atoms with Crippen LogP contribution in [0.3, 0.4) is 0 Å². The molecule has 0 aromatic carbocycles. The van der Waals surface area contributed by atoms with E-state index in [-0.39, 0.29) is 6.04 Å². The Hall–Kier alpha value is -0.150. The molecule has 0 aromatic rings. The minimum Gasteiger partial charge on any atom is -0.301 e. The van der Waals surface area contributed by atoms with Gasteiger partial charge in [-0.2, -0.15) is 0 Å². The highest BCUT2D eigenvalue weighted by atomic mass is 19.1. The van der Waals surface area contributed by atoms with Crippen LogP contribution < -0.4 is 0 Å². The lowest BCUT2D eigenvalue weighted by Crippen LogP contribution is -2.46. The third-order valence-electron chi connectivity index (χ3n) is 4.57. The lowest BCUT2D eigenvalue weighted by atomic mass is 9.95. The summed E-state index contributed by atoms with van der Waals surface area (Å²) >= 11 is 0. The zero-order valence-corrected chi connectivity index (χ0v) is 11.0. The van der Waals surface area contributed by atoms with Gasteiger partial charge in [-0.25, -0.2) is 4.39 Å². The van der Waals surface area contributed by atoms with Crippen molar-refractivity contribution in [2.24, 2.45) is 11.8 Å². The maximum atomic E-state index is 13.9. The Kier molecular flexibility index (Phi) is 3.55. The minimum atomic E-state index is -0.622. The molecule has 0 N–H and O–H groups in total. The van der Waals surface area contributed by atoms with Crippen molar-refractivity contribution in [1.29, 1.82) is 0 Å². The SMILES string of the molecule is CC(C)C1CN(C)C2CCC(F)C2N(C)C1. The van der Waals surface area contributed by atoms with E-state index in [2.05, 4.69) is 37.7 Å². The summed E-state index contributed by atoms with van der Waals surface area (Å²) in [6.45, 7) is 6.72. The number of hydrogen-bond donors (Lipinski definition) is 0. The van der Waals surface area contributed by atoms with Gasteiger partial charge in [-0.3, -0.25) is 4.90 Å². The molecule has 3 heteroatoms. The monoisotopic (exact) mass is 228 g/mol. The smallest absolute Gasteiger partial charge is 0.117 e. The first-order valence-electron chi connectivity index (χ1n) is 6.55. The van der Waals surface area contributed by atoms with Crippen LogP contribution in [0.25, 0.3) is 0 Å². The summed E-state index contributed by atoms with van der Waals surface area (Å²) in [5.74, 6) is 1.36. The van der Waals surface area contributed by atoms with Gasteiger partial charge in [-0.05, 0) is 38.8 Å². The van der Waals surface area contributed by atoms with E-state index in [9.17, 15) is 4.39 Å². The molecule has 0 spiro atoms. The standard InChI is InChI=1S/C13H25FN2/c1-9(2)10-7-15(3)12-6-5-11(14)13(12)16(4)8-10/h9-13H,5-8H2,1-4H3. The van der Waals surface area contributed by atoms with Gasteiger partial charge in [0.25, 0.3) is 0 Å². The molecule has 2 aliphatic rings. The van der Waals surface area contributed by atoms with E-state index in [1.807, 2.05) is 0 Å². The highest BCUT2D eigenvalue weighted by molar-refractivity contribution is 4.99. The molecule has 1 saturated carbocycles. The van der Waals surface area contributed by atoms with Crippen LogP contribution in [-0.2, 0) is 0 Å². The lowest BCUT2D eigenvalue weighted by molar-refractivity contribution is 0.121. The second-order valence-corrected chi connectivity index (χ2v) is 6.03. The van der Waals surface area contributed by atoms with Crippen molar-refractivity contribution in [2.45, 2.75) is 44.9 Å². The van der Waals surface area contributed by atoms with Crippen molar-refractivity contribution in [3.05, 3.63) is 0 Å². The fourth-order valence-electron chi connectivity index (χ4n) is 3.44. The topological polar surface area (TPSA) is 6.48 Å². The van der Waals surface area contributed by atoms with Crippen LogP contribution in [0, 0.1) is 11.8 Å². The molecular formula is C13H25FN2. The number of fused-ring (bicyclic) bond motifs is 1. The van der Waals surface area contributed by atoms with E-state index in [0.717, 1.165) is 25.9 Å². The molecule has 0 amide bonds. The predicted octanol–water partition coefficient (Wildman–Crippen LogP) is 2.00. The zero-order chi connectivity index (χ0) is 11.9. The second kappa shape index (κ2) is 4.61. The van der Waals surface area contributed by atoms with E-state index in [0.29, 0.717) is 17.9 Å². The fourth-order valence-corrected chi connectivity index (χ4v) is 3.44. The molecule has 2 rings (SSSR count). The molecule has 1 aliphatic heterocycles. The number of alkyl halides is 1. The Bertz CT molecular complexity index is 244. The average molecular weight is 228 g/mol. The average Bonchev–Trinajstić information content (AvgIpc) is 2.52. The zero-order valence-electron chi connectivity index (χ0n) is 11.0. The Labute approximate surface area is 98.8 Å². The van der Waals surface area contributed by atoms with Gasteiger partial charge in [-0.1, -0.05) is 13.8 Å². The summed E-state index contributed by atoms with van der Waals surface area (Å²) < 4.78 is 13.9. The first kappa shape index (κ1) is 12.3. The number of nitrogens with zero attached hydrogens (tertiary/aromatic N) is 2. The molecule has 4 unspecified atom stereocenters. The van der Waals surface area contributed by atoms with Gasteiger partial charge in [-0.15, -0.1) is 0 Å². The third-order valence-corrected chi connectivity index (χ3v) is 4.57. The van der Waals surface area contributed by atoms with Crippen molar-refractivity contribution < 1.29 is 4.39 Å². The number of halogens is 1. The van der Waals surface area contributed by atoms with Gasteiger partial charge >= 0.3 is 0 Å². The van der Waals surface area contributed by atoms with Gasteiger partial charge in [0.05, 0.1) is 6.04 Å². The Morgan fingerprint density at radius 1 is 1.06 bits per heavy atom. The Morgan fingerprint density at radius 3 is 2.31 bits per heavy atom. The van der Waals surface area contributed by atoms with Crippen LogP contribution in [0.4, 0.5) is 4.39 Å². The lowest BCUT2D eigenvalue weighted by Gasteiger charge is -2.31. The fraction of sp³-hybridized carbons (Fsp3) is 1.00. The number of likely N-dealkylation sites (N-methyl/N-ethyl adjacent to an activating group) is 2. The van der Waals surface area contributed by atoms with Crippen molar-refractivity contribution in [3.8, 4) is 0 Å². The molecule has 16 heavy (non-hydrogen) atoms. The molecule has 2 nitrogen and oxygen atoms in total. The van der Waals surface area contributed by atoms with Crippen LogP contribution in [0.2, 0.25) is 0 Å². The predicted molar refractivity (Wildman–Crippen MR) is 65.3 cm³/mol. The molecular weight excluding hydrogens is 203 g/mol. The van der Waals surface area contributed by atoms with Gasteiger partial charge in [0.1, 0.15) is 6.17 Å². The normalized spacial score (nSPS) is 42.4. The van der Waals surface area contributed by atoms with Crippen LogP contribution in [0.15, 0.2) is 0 Å². The second-order valence-electron chi connectivity index (χ2n) is 6.03. The molecule has 0 aromatic heterocycles. The number of hydrogen-bond acceptors (Lipinski definition) is 2. The van der Waals surface area contributed by atoms with Gasteiger partial charge in [0, 0.05) is 19.1 Å². The quantitative estimate of drug-likeness (QED) is 0.677. The van der Waals surface area contributed by atoms with Crippen molar-refractivity contribution >= 4 is 0 Å². The van der Waals surface area contributed by atoms with Crippen molar-refractivity contribution in [2.75, 3.05) is 27.2 Å². The summed E-state index contributed by atoms with van der Waals surface area (Å²) in [5, 5.41) is 0. The first-order chi connectivity index (χ1) is 7.50. The van der Waals surface area contributed by atoms with Crippen LogP contribution in [0.5, 0.6) is 0 Å². The maximum Gasteiger partial charge on any atom is 0.117 e. The molecule has 0 radical (unpaired) electrons. The van der Waals surface area contributed by atoms with Crippen molar-refractivity contribution in [1.82, 2.24) is 9.80 Å². The van der Waals surface area contributed by atoms with Crippen molar-refractivity contribution in [3.63, 3.8) is 0 Å². The van der Waals surface area contributed by atoms with E-state index >= 15 is 0 Å². The molecule has 1 saturated heterocycles. The molecule has 1 heterocycles. The van der Waals surface area contributed by atoms with Crippen LogP contribution >= 0.6 is 0 Å². The third kappa shape index (κ3) is 2.12. The summed E-state index contributed by atoms with van der Waals surface area (Å²) in [6, 6.07) is 0.567. The summed E-state index contributed by atoms with van der Waals surface area (Å²) in [4.78, 5) is 4.68. The molecule has 2 fully saturated rings. The molecule has 0 bridgehead atoms. The Balaban J connectivity index is 2.15. The first-order valence-corrected chi connectivity index (χ1v) is 6.55. The Morgan fingerprint density at radius 2 is 1.69 bits per heavy atom. The van der Waals surface area contributed by atoms with E-state index in [1.165, 1.54) is 0 Å². The van der Waals surface area contributed by atoms with Gasteiger partial charge < -0.3 is 4.90 Å². The highest BCUT2D eigenvalue weighted by Gasteiger charge is 2.44. The van der Waals surface area contributed by atoms with E-state index in [1.54, 1.807) is 0 Å². The summed E-state index contributed by atoms with van der Waals surface area (Å²) in [7, 11) is 4.27. The van der Waals surface area contributed by atoms with Gasteiger partial charge in [0.15, 0.2) is 0 Å². The molecule has 94 valence electrons. The van der Waals surface area contributed by atoms with E-state index in [4.69, 9.17) is 0 Å². The van der Waals surface area contributed by atoms with Crippen LogP contribution in [-0.4, -0.2) is 55.2 Å².